The highest BCUT2D eigenvalue weighted by molar-refractivity contribution is 7.90. The quantitative estimate of drug-likeness (QED) is 0.207. The Morgan fingerprint density at radius 3 is 2.18 bits per heavy atom. The molecule has 0 saturated carbocycles. The Balaban J connectivity index is 0.000000271. The molecule has 0 saturated heterocycles. The lowest BCUT2D eigenvalue weighted by atomic mass is 9.97. The lowest BCUT2D eigenvalue weighted by Crippen LogP contribution is -2.36. The highest BCUT2D eigenvalue weighted by atomic mass is 35.5. The van der Waals surface area contributed by atoms with Crippen LogP contribution >= 0.6 is 34.8 Å². The van der Waals surface area contributed by atoms with Gasteiger partial charge in [0.15, 0.2) is 10.2 Å². The third-order valence-corrected chi connectivity index (χ3v) is 7.99. The predicted octanol–water partition coefficient (Wildman–Crippen LogP) is 3.53. The lowest BCUT2D eigenvalue weighted by molar-refractivity contribution is 0.0692. The molecule has 22 heteroatoms. The van der Waals surface area contributed by atoms with Gasteiger partial charge in [0.2, 0.25) is 23.6 Å². The summed E-state index contributed by atoms with van der Waals surface area (Å²) in [4.78, 5) is 42.9. The second kappa shape index (κ2) is 15.5. The van der Waals surface area contributed by atoms with Crippen molar-refractivity contribution in [3.8, 4) is 35.5 Å². The summed E-state index contributed by atoms with van der Waals surface area (Å²) in [6.45, 7) is 5.69. The standard InChI is InChI=1S/C15H14Cl2N2O3.C12H13ClN6O7S/c1-5-6-21-12-8-11(9(16)7-10(12)17)19-14(20)22-13(18-19)15(2,3)4;1-19-9(7(10(20)21)8(13)17-19)27(23,24)18-12(22)16-11-14-5(25-2)4-6(15-11)26-3/h1,7-8H,6H2,2-4H3;4H,1-3H3,(H,20,21)(H2,14,15,16,18,22). The van der Waals surface area contributed by atoms with Crippen LogP contribution in [-0.2, 0) is 22.5 Å². The van der Waals surface area contributed by atoms with Crippen LogP contribution < -0.4 is 30.0 Å². The molecule has 3 N–H and O–H groups in total. The number of anilines is 1. The van der Waals surface area contributed by atoms with Crippen LogP contribution in [-0.4, -0.2) is 75.9 Å². The third kappa shape index (κ3) is 9.32. The number of halogens is 3. The molecule has 0 aliphatic rings. The summed E-state index contributed by atoms with van der Waals surface area (Å²) in [7, 11) is -0.858. The molecule has 0 atom stereocenters. The maximum absolute atomic E-state index is 12.4. The number of amides is 2. The number of benzene rings is 1. The fourth-order valence-electron chi connectivity index (χ4n) is 3.58. The van der Waals surface area contributed by atoms with Crippen LogP contribution in [0.1, 0.15) is 37.0 Å². The van der Waals surface area contributed by atoms with Crippen molar-refractivity contribution in [2.45, 2.75) is 31.2 Å². The Bertz CT molecular complexity index is 2080. The molecule has 2 amide bonds. The number of hydrogen-bond acceptors (Lipinski definition) is 13. The highest BCUT2D eigenvalue weighted by Gasteiger charge is 2.32. The first-order valence-electron chi connectivity index (χ1n) is 13.3. The number of aromatic carboxylic acids is 1. The number of ether oxygens (including phenoxy) is 3. The number of nitrogens with zero attached hydrogens (tertiary/aromatic N) is 6. The number of rotatable bonds is 9. The van der Waals surface area contributed by atoms with Gasteiger partial charge in [0.25, 0.3) is 10.0 Å². The molecule has 0 radical (unpaired) electrons. The first-order valence-corrected chi connectivity index (χ1v) is 15.9. The number of carbonyl (C=O) groups is 2. The van der Waals surface area contributed by atoms with Gasteiger partial charge in [-0.1, -0.05) is 61.5 Å². The van der Waals surface area contributed by atoms with Crippen LogP contribution in [0.5, 0.6) is 17.5 Å². The van der Waals surface area contributed by atoms with E-state index >= 15 is 0 Å². The maximum atomic E-state index is 12.4. The molecule has 0 unspecified atom stereocenters. The molecule has 3 aromatic heterocycles. The summed E-state index contributed by atoms with van der Waals surface area (Å²) < 4.78 is 48.5. The van der Waals surface area contributed by atoms with E-state index in [-0.39, 0.29) is 34.4 Å². The Morgan fingerprint density at radius 2 is 1.67 bits per heavy atom. The van der Waals surface area contributed by atoms with E-state index in [1.807, 2.05) is 20.8 Å². The first kappa shape index (κ1) is 38.4. The van der Waals surface area contributed by atoms with E-state index in [0.717, 1.165) is 11.7 Å². The summed E-state index contributed by atoms with van der Waals surface area (Å²) in [6.07, 6.45) is 5.15. The number of carboxylic acids is 1. The lowest BCUT2D eigenvalue weighted by Gasteiger charge is -2.11. The molecule has 0 aliphatic carbocycles. The van der Waals surface area contributed by atoms with Crippen LogP contribution in [0, 0.1) is 12.3 Å². The molecule has 0 aliphatic heterocycles. The monoisotopic (exact) mass is 760 g/mol. The van der Waals surface area contributed by atoms with Gasteiger partial charge < -0.3 is 23.7 Å². The molecule has 3 heterocycles. The summed E-state index contributed by atoms with van der Waals surface area (Å²) in [6, 6.07) is 3.02. The van der Waals surface area contributed by atoms with Crippen molar-refractivity contribution in [3.63, 3.8) is 0 Å². The van der Waals surface area contributed by atoms with Gasteiger partial charge >= 0.3 is 17.8 Å². The Kier molecular flexibility index (Phi) is 12.1. The van der Waals surface area contributed by atoms with E-state index in [0.29, 0.717) is 22.0 Å². The van der Waals surface area contributed by atoms with E-state index in [1.165, 1.54) is 32.4 Å². The number of nitrogens with one attached hydrogen (secondary N) is 2. The summed E-state index contributed by atoms with van der Waals surface area (Å²) >= 11 is 17.8. The predicted molar refractivity (Wildman–Crippen MR) is 175 cm³/mol. The first-order chi connectivity index (χ1) is 22.8. The number of hydrogen-bond donors (Lipinski definition) is 3. The average Bonchev–Trinajstić information content (AvgIpc) is 3.55. The Morgan fingerprint density at radius 1 is 1.06 bits per heavy atom. The van der Waals surface area contributed by atoms with E-state index in [4.69, 9.17) is 65.0 Å². The largest absolute Gasteiger partial charge is 0.481 e. The van der Waals surface area contributed by atoms with Gasteiger partial charge in [-0.25, -0.2) is 19.1 Å². The van der Waals surface area contributed by atoms with Crippen molar-refractivity contribution in [2.75, 3.05) is 26.1 Å². The van der Waals surface area contributed by atoms with Crippen LogP contribution in [0.4, 0.5) is 10.7 Å². The minimum Gasteiger partial charge on any atom is -0.481 e. The summed E-state index contributed by atoms with van der Waals surface area (Å²) in [5, 5.41) is 18.1. The average molecular weight is 762 g/mol. The second-order valence-electron chi connectivity index (χ2n) is 10.3. The van der Waals surface area contributed by atoms with Gasteiger partial charge in [0.1, 0.15) is 17.9 Å². The molecule has 0 spiro atoms. The zero-order valence-electron chi connectivity index (χ0n) is 26.4. The normalized spacial score (nSPS) is 11.1. The zero-order chi connectivity index (χ0) is 36.8. The number of aromatic nitrogens is 6. The van der Waals surface area contributed by atoms with Gasteiger partial charge in [-0.3, -0.25) is 10.00 Å². The van der Waals surface area contributed by atoms with Crippen molar-refractivity contribution in [3.05, 3.63) is 55.4 Å². The number of urea groups is 1. The van der Waals surface area contributed by atoms with Crippen LogP contribution in [0.25, 0.3) is 5.69 Å². The molecular weight excluding hydrogens is 735 g/mol. The number of terminal acetylenes is 1. The molecule has 49 heavy (non-hydrogen) atoms. The molecule has 0 bridgehead atoms. The van der Waals surface area contributed by atoms with Gasteiger partial charge in [-0.2, -0.15) is 28.2 Å². The fourth-order valence-corrected chi connectivity index (χ4v) is 5.67. The SMILES string of the molecule is C#CCOc1cc(-n2nc(C(C)(C)C)oc2=O)c(Cl)cc1Cl.COc1cc(OC)nc(NC(=O)NS(=O)(=O)c2c(C(=O)O)c(Cl)nn2C)n1. The summed E-state index contributed by atoms with van der Waals surface area (Å²) in [5.41, 5.74) is -0.882. The van der Waals surface area contributed by atoms with Gasteiger partial charge in [-0.15, -0.1) is 11.5 Å². The van der Waals surface area contributed by atoms with Crippen LogP contribution in [0.2, 0.25) is 15.2 Å². The van der Waals surface area contributed by atoms with Gasteiger partial charge in [0.05, 0.1) is 36.0 Å². The third-order valence-electron chi connectivity index (χ3n) is 5.70. The summed E-state index contributed by atoms with van der Waals surface area (Å²) in [5.74, 6) is 0.453. The Hall–Kier alpha value is -5.03. The topological polar surface area (TPSA) is 232 Å². The molecule has 4 rings (SSSR count). The number of aryl methyl sites for hydroxylation is 1. The second-order valence-corrected chi connectivity index (χ2v) is 13.1. The highest BCUT2D eigenvalue weighted by Crippen LogP contribution is 2.33. The van der Waals surface area contributed by atoms with E-state index in [1.54, 1.807) is 4.72 Å². The van der Waals surface area contributed by atoms with Crippen molar-refractivity contribution in [2.24, 2.45) is 7.05 Å². The number of methoxy groups -OCH3 is 2. The molecule has 18 nitrogen and oxygen atoms in total. The van der Waals surface area contributed by atoms with Crippen molar-refractivity contribution in [1.82, 2.24) is 34.3 Å². The molecule has 0 fully saturated rings. The van der Waals surface area contributed by atoms with E-state index < -0.39 is 48.9 Å². The van der Waals surface area contributed by atoms with Crippen molar-refractivity contribution < 1.29 is 41.7 Å². The minimum absolute atomic E-state index is 0.0434. The minimum atomic E-state index is -4.64. The Labute approximate surface area is 293 Å². The molecular formula is C27H27Cl3N8O10S. The van der Waals surface area contributed by atoms with Crippen LogP contribution in [0.15, 0.2) is 32.4 Å². The number of carboxylic acid groups (broad SMARTS) is 1. The van der Waals surface area contributed by atoms with Gasteiger partial charge in [0, 0.05) is 18.5 Å². The van der Waals surface area contributed by atoms with Gasteiger partial charge in [-0.05, 0) is 6.07 Å². The van der Waals surface area contributed by atoms with E-state index in [9.17, 15) is 22.8 Å². The maximum Gasteiger partial charge on any atom is 0.442 e. The fraction of sp³-hybridized carbons (Fsp3) is 0.296. The molecule has 4 aromatic rings. The van der Waals surface area contributed by atoms with E-state index in [2.05, 4.69) is 31.4 Å². The molecule has 1 aromatic carbocycles. The number of sulfonamides is 1. The van der Waals surface area contributed by atoms with Crippen molar-refractivity contribution in [1.29, 1.82) is 0 Å². The number of carbonyl (C=O) groups excluding carboxylic acids is 1. The zero-order valence-corrected chi connectivity index (χ0v) is 29.4. The van der Waals surface area contributed by atoms with Crippen molar-refractivity contribution >= 4 is 62.8 Å². The smallest absolute Gasteiger partial charge is 0.442 e. The van der Waals surface area contributed by atoms with Crippen LogP contribution in [0.3, 0.4) is 0 Å². The molecule has 262 valence electrons.